The molecule has 0 bridgehead atoms. The van der Waals surface area contributed by atoms with Crippen LogP contribution in [0.1, 0.15) is 69.2 Å². The molecule has 0 spiro atoms. The molecule has 6 rings (SSSR count). The lowest BCUT2D eigenvalue weighted by molar-refractivity contribution is -0.150. The van der Waals surface area contributed by atoms with E-state index in [1.165, 1.54) is 11.1 Å². The van der Waals surface area contributed by atoms with E-state index in [4.69, 9.17) is 14.2 Å². The first kappa shape index (κ1) is 35.9. The molecule has 6 nitrogen and oxygen atoms in total. The van der Waals surface area contributed by atoms with Gasteiger partial charge in [0.05, 0.1) is 18.4 Å². The van der Waals surface area contributed by atoms with Gasteiger partial charge < -0.3 is 19.1 Å². The third-order valence-electron chi connectivity index (χ3n) is 9.45. The molecule has 0 saturated heterocycles. The SMILES string of the molecule is CCOC(C)CN(Cc1cccc2ccccc12)C(=O)[C@H](CC(=O)OCC1c2ccccc2-c2ccccc21)Cc1ccc(OC(C)(C)C)cc1. The van der Waals surface area contributed by atoms with Gasteiger partial charge in [0.25, 0.3) is 0 Å². The summed E-state index contributed by atoms with van der Waals surface area (Å²) in [6, 6.07) is 38.8. The quantitative estimate of drug-likeness (QED) is 0.109. The van der Waals surface area contributed by atoms with Crippen LogP contribution in [0.25, 0.3) is 21.9 Å². The number of ether oxygens (including phenoxy) is 3. The molecule has 1 unspecified atom stereocenters. The average Bonchev–Trinajstić information content (AvgIpc) is 3.44. The minimum atomic E-state index is -0.640. The van der Waals surface area contributed by atoms with E-state index in [1.807, 2.05) is 106 Å². The summed E-state index contributed by atoms with van der Waals surface area (Å²) in [6.07, 6.45) is 0.163. The Bertz CT molecular complexity index is 1910. The molecule has 2 atom stereocenters. The Morgan fingerprint density at radius 2 is 1.41 bits per heavy atom. The second-order valence-electron chi connectivity index (χ2n) is 14.5. The zero-order chi connectivity index (χ0) is 36.0. The molecule has 5 aromatic rings. The summed E-state index contributed by atoms with van der Waals surface area (Å²) in [6.45, 7) is 11.5. The number of hydrogen-bond donors (Lipinski definition) is 0. The predicted octanol–water partition coefficient (Wildman–Crippen LogP) is 9.38. The van der Waals surface area contributed by atoms with Gasteiger partial charge in [0, 0.05) is 25.6 Å². The van der Waals surface area contributed by atoms with E-state index in [0.29, 0.717) is 26.1 Å². The summed E-state index contributed by atoms with van der Waals surface area (Å²) < 4.78 is 18.0. The number of carbonyl (C=O) groups is 2. The summed E-state index contributed by atoms with van der Waals surface area (Å²) in [5.74, 6) is -0.419. The fraction of sp³-hybridized carbons (Fsp3) is 0.333. The van der Waals surface area contributed by atoms with E-state index < -0.39 is 5.92 Å². The van der Waals surface area contributed by atoms with Crippen LogP contribution in [0.2, 0.25) is 0 Å². The number of amides is 1. The topological polar surface area (TPSA) is 65.1 Å². The monoisotopic (exact) mass is 683 g/mol. The van der Waals surface area contributed by atoms with Gasteiger partial charge in [-0.2, -0.15) is 0 Å². The van der Waals surface area contributed by atoms with Crippen molar-refractivity contribution in [2.24, 2.45) is 5.92 Å². The minimum Gasteiger partial charge on any atom is -0.488 e. The van der Waals surface area contributed by atoms with Crippen molar-refractivity contribution in [3.05, 3.63) is 138 Å². The molecule has 0 aliphatic heterocycles. The van der Waals surface area contributed by atoms with Crippen LogP contribution in [-0.4, -0.2) is 48.2 Å². The summed E-state index contributed by atoms with van der Waals surface area (Å²) in [5.41, 5.74) is 6.33. The predicted molar refractivity (Wildman–Crippen MR) is 204 cm³/mol. The van der Waals surface area contributed by atoms with Crippen LogP contribution in [0.15, 0.2) is 115 Å². The van der Waals surface area contributed by atoms with E-state index in [-0.39, 0.29) is 42.5 Å². The van der Waals surface area contributed by atoms with Crippen LogP contribution < -0.4 is 4.74 Å². The number of fused-ring (bicyclic) bond motifs is 4. The Hall–Kier alpha value is -4.94. The largest absolute Gasteiger partial charge is 0.488 e. The van der Waals surface area contributed by atoms with Crippen LogP contribution in [0.3, 0.4) is 0 Å². The molecule has 1 aliphatic carbocycles. The van der Waals surface area contributed by atoms with E-state index in [1.54, 1.807) is 0 Å². The van der Waals surface area contributed by atoms with E-state index >= 15 is 0 Å². The summed E-state index contributed by atoms with van der Waals surface area (Å²) in [7, 11) is 0. The zero-order valence-corrected chi connectivity index (χ0v) is 30.4. The van der Waals surface area contributed by atoms with Crippen LogP contribution in [0.4, 0.5) is 0 Å². The van der Waals surface area contributed by atoms with E-state index in [0.717, 1.165) is 38.8 Å². The maximum absolute atomic E-state index is 14.7. The molecule has 0 saturated carbocycles. The highest BCUT2D eigenvalue weighted by molar-refractivity contribution is 5.87. The molecule has 0 fully saturated rings. The molecule has 0 heterocycles. The highest BCUT2D eigenvalue weighted by Crippen LogP contribution is 2.44. The maximum atomic E-state index is 14.7. The first-order valence-corrected chi connectivity index (χ1v) is 18.1. The van der Waals surface area contributed by atoms with E-state index in [2.05, 4.69) is 48.5 Å². The second kappa shape index (κ2) is 15.9. The molecular weight excluding hydrogens is 634 g/mol. The summed E-state index contributed by atoms with van der Waals surface area (Å²) in [4.78, 5) is 30.4. The highest BCUT2D eigenvalue weighted by Gasteiger charge is 2.32. The minimum absolute atomic E-state index is 0.0376. The van der Waals surface area contributed by atoms with Gasteiger partial charge in [-0.1, -0.05) is 103 Å². The number of esters is 1. The van der Waals surface area contributed by atoms with Gasteiger partial charge in [0.2, 0.25) is 5.91 Å². The molecule has 6 heteroatoms. The number of carbonyl (C=O) groups excluding carboxylic acids is 2. The van der Waals surface area contributed by atoms with Crippen LogP contribution >= 0.6 is 0 Å². The van der Waals surface area contributed by atoms with Gasteiger partial charge in [-0.25, -0.2) is 0 Å². The van der Waals surface area contributed by atoms with Crippen molar-refractivity contribution in [2.45, 2.75) is 71.6 Å². The second-order valence-corrected chi connectivity index (χ2v) is 14.5. The number of rotatable bonds is 14. The van der Waals surface area contributed by atoms with Gasteiger partial charge in [-0.05, 0) is 97.3 Å². The Labute approximate surface area is 302 Å². The fourth-order valence-corrected chi connectivity index (χ4v) is 7.23. The molecule has 1 aliphatic rings. The third kappa shape index (κ3) is 8.87. The van der Waals surface area contributed by atoms with Gasteiger partial charge in [-0.15, -0.1) is 0 Å². The van der Waals surface area contributed by atoms with Crippen molar-refractivity contribution < 1.29 is 23.8 Å². The smallest absolute Gasteiger partial charge is 0.306 e. The number of benzene rings is 5. The first-order valence-electron chi connectivity index (χ1n) is 18.1. The molecular formula is C45H49NO5. The molecule has 264 valence electrons. The summed E-state index contributed by atoms with van der Waals surface area (Å²) >= 11 is 0. The van der Waals surface area contributed by atoms with Gasteiger partial charge in [0.15, 0.2) is 0 Å². The van der Waals surface area contributed by atoms with Crippen molar-refractivity contribution in [1.82, 2.24) is 4.90 Å². The lowest BCUT2D eigenvalue weighted by atomic mass is 9.93. The maximum Gasteiger partial charge on any atom is 0.306 e. The molecule has 0 aromatic heterocycles. The standard InChI is InChI=1S/C45H49NO5/c1-6-49-31(2)28-46(29-34-16-13-15-33-14-7-8-17-37(33)34)44(48)35(26-32-22-24-36(25-23-32)51-45(3,4)5)27-43(47)50-30-42-40-20-11-9-18-38(40)39-19-10-12-21-41(39)42/h7-25,31,35,42H,6,26-30H2,1-5H3/t31?,35-/m0/s1. The normalized spacial score (nSPS) is 13.7. The Morgan fingerprint density at radius 1 is 0.784 bits per heavy atom. The van der Waals surface area contributed by atoms with Crippen LogP contribution in [0, 0.1) is 5.92 Å². The van der Waals surface area contributed by atoms with Gasteiger partial charge in [-0.3, -0.25) is 9.59 Å². The van der Waals surface area contributed by atoms with Crippen LogP contribution in [0.5, 0.6) is 5.75 Å². The van der Waals surface area contributed by atoms with Crippen LogP contribution in [-0.2, 0) is 32.0 Å². The van der Waals surface area contributed by atoms with Crippen molar-refractivity contribution in [2.75, 3.05) is 19.8 Å². The number of nitrogens with zero attached hydrogens (tertiary/aromatic N) is 1. The molecule has 5 aromatic carbocycles. The summed E-state index contributed by atoms with van der Waals surface area (Å²) in [5, 5.41) is 2.22. The van der Waals surface area contributed by atoms with Gasteiger partial charge >= 0.3 is 5.97 Å². The van der Waals surface area contributed by atoms with Crippen molar-refractivity contribution in [1.29, 1.82) is 0 Å². The molecule has 0 N–H and O–H groups in total. The Balaban J connectivity index is 1.26. The molecule has 51 heavy (non-hydrogen) atoms. The third-order valence-corrected chi connectivity index (χ3v) is 9.45. The Morgan fingerprint density at radius 3 is 2.08 bits per heavy atom. The van der Waals surface area contributed by atoms with Gasteiger partial charge in [0.1, 0.15) is 18.0 Å². The lowest BCUT2D eigenvalue weighted by Crippen LogP contribution is -2.42. The molecule has 0 radical (unpaired) electrons. The van der Waals surface area contributed by atoms with Crippen molar-refractivity contribution >= 4 is 22.6 Å². The zero-order valence-electron chi connectivity index (χ0n) is 30.4. The van der Waals surface area contributed by atoms with Crippen molar-refractivity contribution in [3.63, 3.8) is 0 Å². The number of hydrogen-bond acceptors (Lipinski definition) is 5. The fourth-order valence-electron chi connectivity index (χ4n) is 7.23. The molecule has 1 amide bonds. The Kier molecular flexibility index (Phi) is 11.2. The lowest BCUT2D eigenvalue weighted by Gasteiger charge is -2.30. The van der Waals surface area contributed by atoms with E-state index in [9.17, 15) is 9.59 Å². The van der Waals surface area contributed by atoms with Crippen molar-refractivity contribution in [3.8, 4) is 16.9 Å². The average molecular weight is 684 g/mol. The highest BCUT2D eigenvalue weighted by atomic mass is 16.5. The first-order chi connectivity index (χ1) is 24.6.